The zero-order chi connectivity index (χ0) is 16.4. The van der Waals surface area contributed by atoms with Crippen molar-refractivity contribution in [1.82, 2.24) is 5.32 Å². The molecule has 0 radical (unpaired) electrons. The van der Waals surface area contributed by atoms with Gasteiger partial charge in [0.05, 0.1) is 0 Å². The van der Waals surface area contributed by atoms with E-state index in [9.17, 15) is 18.4 Å². The molecule has 2 aromatic rings. The molecule has 2 amide bonds. The summed E-state index contributed by atoms with van der Waals surface area (Å²) in [5.74, 6) is -2.64. The van der Waals surface area contributed by atoms with E-state index >= 15 is 0 Å². The van der Waals surface area contributed by atoms with Gasteiger partial charge in [0.15, 0.2) is 11.6 Å². The number of anilines is 1. The van der Waals surface area contributed by atoms with Crippen molar-refractivity contribution in [1.29, 1.82) is 0 Å². The molecule has 4 nitrogen and oxygen atoms in total. The minimum atomic E-state index is -1.03. The second-order valence-electron chi connectivity index (χ2n) is 5.41. The number of amides is 2. The Kier molecular flexibility index (Phi) is 4.06. The van der Waals surface area contributed by atoms with E-state index in [1.807, 2.05) is 0 Å². The molecule has 2 N–H and O–H groups in total. The Labute approximate surface area is 131 Å². The zero-order valence-corrected chi connectivity index (χ0v) is 12.1. The molecule has 1 saturated carbocycles. The summed E-state index contributed by atoms with van der Waals surface area (Å²) in [6.45, 7) is 0. The second kappa shape index (κ2) is 6.16. The summed E-state index contributed by atoms with van der Waals surface area (Å²) in [5.41, 5.74) is 0.948. The molecule has 0 unspecified atom stereocenters. The van der Waals surface area contributed by atoms with Gasteiger partial charge in [-0.2, -0.15) is 0 Å². The first kappa shape index (κ1) is 15.1. The van der Waals surface area contributed by atoms with E-state index in [0.29, 0.717) is 11.1 Å². The average Bonchev–Trinajstić information content (AvgIpc) is 3.35. The van der Waals surface area contributed by atoms with Gasteiger partial charge in [0.2, 0.25) is 0 Å². The summed E-state index contributed by atoms with van der Waals surface area (Å²) in [6, 6.07) is 9.51. The lowest BCUT2D eigenvalue weighted by Gasteiger charge is -2.07. The number of halogens is 2. The topological polar surface area (TPSA) is 58.2 Å². The fourth-order valence-corrected chi connectivity index (χ4v) is 2.05. The van der Waals surface area contributed by atoms with Crippen LogP contribution in [0.4, 0.5) is 14.5 Å². The first-order valence-electron chi connectivity index (χ1n) is 7.20. The number of hydrogen-bond acceptors (Lipinski definition) is 2. The lowest BCUT2D eigenvalue weighted by molar-refractivity contribution is 0.0949. The van der Waals surface area contributed by atoms with Crippen molar-refractivity contribution in [2.45, 2.75) is 18.9 Å². The molecule has 3 rings (SSSR count). The number of carbonyl (C=O) groups is 2. The van der Waals surface area contributed by atoms with Crippen molar-refractivity contribution in [3.05, 3.63) is 65.2 Å². The fraction of sp³-hybridized carbons (Fsp3) is 0.176. The van der Waals surface area contributed by atoms with Gasteiger partial charge in [-0.3, -0.25) is 9.59 Å². The predicted molar refractivity (Wildman–Crippen MR) is 81.2 cm³/mol. The van der Waals surface area contributed by atoms with Crippen LogP contribution in [0.1, 0.15) is 33.6 Å². The maximum absolute atomic E-state index is 13.1. The first-order valence-corrected chi connectivity index (χ1v) is 7.20. The van der Waals surface area contributed by atoms with E-state index in [-0.39, 0.29) is 17.6 Å². The molecular weight excluding hydrogens is 302 g/mol. The van der Waals surface area contributed by atoms with Crippen LogP contribution in [0.5, 0.6) is 0 Å². The summed E-state index contributed by atoms with van der Waals surface area (Å²) in [4.78, 5) is 23.9. The van der Waals surface area contributed by atoms with Crippen LogP contribution < -0.4 is 10.6 Å². The largest absolute Gasteiger partial charge is 0.349 e. The summed E-state index contributed by atoms with van der Waals surface area (Å²) in [7, 11) is 0. The van der Waals surface area contributed by atoms with Gasteiger partial charge in [-0.05, 0) is 49.2 Å². The molecule has 2 aromatic carbocycles. The smallest absolute Gasteiger partial charge is 0.255 e. The Balaban J connectivity index is 1.67. The lowest BCUT2D eigenvalue weighted by Crippen LogP contribution is -2.25. The highest BCUT2D eigenvalue weighted by molar-refractivity contribution is 6.05. The van der Waals surface area contributed by atoms with E-state index in [1.165, 1.54) is 18.2 Å². The van der Waals surface area contributed by atoms with Gasteiger partial charge in [-0.1, -0.05) is 0 Å². The number of benzene rings is 2. The van der Waals surface area contributed by atoms with Crippen molar-refractivity contribution in [3.63, 3.8) is 0 Å². The van der Waals surface area contributed by atoms with Crippen LogP contribution in [0.3, 0.4) is 0 Å². The van der Waals surface area contributed by atoms with Crippen LogP contribution >= 0.6 is 0 Å². The van der Waals surface area contributed by atoms with Gasteiger partial charge in [0, 0.05) is 28.9 Å². The van der Waals surface area contributed by atoms with Gasteiger partial charge in [-0.15, -0.1) is 0 Å². The van der Waals surface area contributed by atoms with E-state index in [4.69, 9.17) is 0 Å². The highest BCUT2D eigenvalue weighted by Gasteiger charge is 2.23. The molecule has 1 aliphatic carbocycles. The van der Waals surface area contributed by atoms with E-state index in [0.717, 1.165) is 25.0 Å². The van der Waals surface area contributed by atoms with Crippen LogP contribution in [0, 0.1) is 11.6 Å². The third-order valence-electron chi connectivity index (χ3n) is 3.50. The predicted octanol–water partition coefficient (Wildman–Crippen LogP) is 3.11. The first-order chi connectivity index (χ1) is 11.0. The van der Waals surface area contributed by atoms with Crippen molar-refractivity contribution in [3.8, 4) is 0 Å². The average molecular weight is 316 g/mol. The Hall–Kier alpha value is -2.76. The normalized spacial score (nSPS) is 13.5. The third kappa shape index (κ3) is 3.71. The molecule has 6 heteroatoms. The summed E-state index contributed by atoms with van der Waals surface area (Å²) >= 11 is 0. The minimum absolute atomic E-state index is 0.157. The van der Waals surface area contributed by atoms with Crippen LogP contribution in [-0.4, -0.2) is 17.9 Å². The van der Waals surface area contributed by atoms with Gasteiger partial charge >= 0.3 is 0 Å². The standard InChI is InChI=1S/C17H14F2N2O2/c18-14-8-7-13(9-15(14)19)21-17(23)11-3-1-10(2-4-11)16(22)20-12-5-6-12/h1-4,7-9,12H,5-6H2,(H,20,22)(H,21,23). The van der Waals surface area contributed by atoms with E-state index in [2.05, 4.69) is 10.6 Å². The molecule has 23 heavy (non-hydrogen) atoms. The van der Waals surface area contributed by atoms with Gasteiger partial charge in [-0.25, -0.2) is 8.78 Å². The van der Waals surface area contributed by atoms with E-state index in [1.54, 1.807) is 12.1 Å². The quantitative estimate of drug-likeness (QED) is 0.910. The molecular formula is C17H14F2N2O2. The van der Waals surface area contributed by atoms with Crippen molar-refractivity contribution in [2.24, 2.45) is 0 Å². The molecule has 1 fully saturated rings. The number of carbonyl (C=O) groups excluding carboxylic acids is 2. The van der Waals surface area contributed by atoms with Crippen molar-refractivity contribution in [2.75, 3.05) is 5.32 Å². The Morgan fingerprint density at radius 1 is 0.870 bits per heavy atom. The fourth-order valence-electron chi connectivity index (χ4n) is 2.05. The van der Waals surface area contributed by atoms with Gasteiger partial charge in [0.1, 0.15) is 0 Å². The van der Waals surface area contributed by atoms with Crippen LogP contribution in [0.25, 0.3) is 0 Å². The van der Waals surface area contributed by atoms with E-state index < -0.39 is 17.5 Å². The van der Waals surface area contributed by atoms with Crippen molar-refractivity contribution >= 4 is 17.5 Å². The monoisotopic (exact) mass is 316 g/mol. The molecule has 0 heterocycles. The highest BCUT2D eigenvalue weighted by Crippen LogP contribution is 2.19. The summed E-state index contributed by atoms with van der Waals surface area (Å²) in [6.07, 6.45) is 2.00. The SMILES string of the molecule is O=C(Nc1ccc(F)c(F)c1)c1ccc(C(=O)NC2CC2)cc1. The number of nitrogens with one attached hydrogen (secondary N) is 2. The van der Waals surface area contributed by atoms with Gasteiger partial charge < -0.3 is 10.6 Å². The van der Waals surface area contributed by atoms with Crippen molar-refractivity contribution < 1.29 is 18.4 Å². The second-order valence-corrected chi connectivity index (χ2v) is 5.41. The third-order valence-corrected chi connectivity index (χ3v) is 3.50. The van der Waals surface area contributed by atoms with Gasteiger partial charge in [0.25, 0.3) is 11.8 Å². The molecule has 0 saturated heterocycles. The Bertz CT molecular complexity index is 756. The maximum atomic E-state index is 13.1. The Morgan fingerprint density at radius 3 is 2.04 bits per heavy atom. The molecule has 0 spiro atoms. The summed E-state index contributed by atoms with van der Waals surface area (Å²) < 4.78 is 26.0. The highest BCUT2D eigenvalue weighted by atomic mass is 19.2. The molecule has 0 aromatic heterocycles. The van der Waals surface area contributed by atoms with Crippen LogP contribution in [0.15, 0.2) is 42.5 Å². The zero-order valence-electron chi connectivity index (χ0n) is 12.1. The minimum Gasteiger partial charge on any atom is -0.349 e. The lowest BCUT2D eigenvalue weighted by atomic mass is 10.1. The number of hydrogen-bond donors (Lipinski definition) is 2. The summed E-state index contributed by atoms with van der Waals surface area (Å²) in [5, 5.41) is 5.32. The Morgan fingerprint density at radius 2 is 1.48 bits per heavy atom. The molecule has 0 aliphatic heterocycles. The van der Waals surface area contributed by atoms with Crippen LogP contribution in [0.2, 0.25) is 0 Å². The molecule has 0 atom stereocenters. The molecule has 0 bridgehead atoms. The molecule has 118 valence electrons. The molecule has 1 aliphatic rings. The van der Waals surface area contributed by atoms with Crippen LogP contribution in [-0.2, 0) is 0 Å². The number of rotatable bonds is 4. The maximum Gasteiger partial charge on any atom is 0.255 e.